The minimum Gasteiger partial charge on any atom is -0.478 e. The predicted octanol–water partition coefficient (Wildman–Crippen LogP) is 5.56. The van der Waals surface area contributed by atoms with Crippen molar-refractivity contribution in [3.05, 3.63) is 89.5 Å². The molecule has 0 radical (unpaired) electrons. The van der Waals surface area contributed by atoms with E-state index in [1.54, 1.807) is 60.7 Å². The van der Waals surface area contributed by atoms with Crippen molar-refractivity contribution < 1.29 is 29.7 Å². The summed E-state index contributed by atoms with van der Waals surface area (Å²) in [7, 11) is 2.97. The second-order valence-corrected chi connectivity index (χ2v) is 8.47. The predicted molar refractivity (Wildman–Crippen MR) is 119 cm³/mol. The van der Waals surface area contributed by atoms with Crippen molar-refractivity contribution >= 4 is 52.1 Å². The average Bonchev–Trinajstić information content (AvgIpc) is 2.73. The second kappa shape index (κ2) is 11.3. The van der Waals surface area contributed by atoms with Crippen molar-refractivity contribution in [2.45, 2.75) is 14.7 Å². The summed E-state index contributed by atoms with van der Waals surface area (Å²) < 4.78 is 0. The summed E-state index contributed by atoms with van der Waals surface area (Å²) in [5.41, 5.74) is 0.799. The quantitative estimate of drug-likeness (QED) is 0.280. The van der Waals surface area contributed by atoms with E-state index in [1.165, 1.54) is 33.7 Å². The highest BCUT2D eigenvalue weighted by atomic mass is 33.1. The van der Waals surface area contributed by atoms with Crippen molar-refractivity contribution in [1.29, 1.82) is 0 Å². The van der Waals surface area contributed by atoms with Gasteiger partial charge in [0.2, 0.25) is 0 Å². The maximum Gasteiger partial charge on any atom is 0.335 e. The number of benzene rings is 3. The van der Waals surface area contributed by atoms with Gasteiger partial charge in [-0.3, -0.25) is 0 Å². The molecule has 9 heteroatoms. The molecule has 0 amide bonds. The largest absolute Gasteiger partial charge is 0.478 e. The van der Waals surface area contributed by atoms with Crippen LogP contribution in [0.2, 0.25) is 0 Å². The van der Waals surface area contributed by atoms with Crippen LogP contribution in [0.25, 0.3) is 0 Å². The molecule has 0 unspecified atom stereocenters. The molecule has 0 bridgehead atoms. The third-order valence-corrected chi connectivity index (χ3v) is 6.27. The van der Waals surface area contributed by atoms with E-state index in [-0.39, 0.29) is 16.7 Å². The number of carbonyl (C=O) groups is 3. The maximum atomic E-state index is 10.7. The zero-order valence-electron chi connectivity index (χ0n) is 15.3. The van der Waals surface area contributed by atoms with Gasteiger partial charge in [-0.05, 0) is 72.8 Å². The molecule has 3 N–H and O–H groups in total. The molecule has 154 valence electrons. The van der Waals surface area contributed by atoms with Crippen LogP contribution in [0.3, 0.4) is 0 Å². The first-order valence-electron chi connectivity index (χ1n) is 8.30. The van der Waals surface area contributed by atoms with Gasteiger partial charge in [0.15, 0.2) is 0 Å². The average molecular weight is 461 g/mol. The number of carboxylic acids is 3. The van der Waals surface area contributed by atoms with Crippen LogP contribution in [-0.2, 0) is 0 Å². The fourth-order valence-corrected chi connectivity index (χ4v) is 4.09. The van der Waals surface area contributed by atoms with Gasteiger partial charge in [0.05, 0.1) is 16.7 Å². The van der Waals surface area contributed by atoms with E-state index in [1.807, 2.05) is 0 Å². The van der Waals surface area contributed by atoms with E-state index in [0.29, 0.717) is 0 Å². The number of aromatic carboxylic acids is 3. The zero-order valence-corrected chi connectivity index (χ0v) is 17.8. The first-order valence-corrected chi connectivity index (χ1v) is 10.9. The molecule has 0 heterocycles. The Morgan fingerprint density at radius 2 is 0.800 bits per heavy atom. The Morgan fingerprint density at radius 3 is 1.07 bits per heavy atom. The number of carboxylic acid groups (broad SMARTS) is 3. The molecule has 0 atom stereocenters. The Hall–Kier alpha value is -2.88. The van der Waals surface area contributed by atoms with Gasteiger partial charge in [-0.1, -0.05) is 21.6 Å². The minimum absolute atomic E-state index is 0.255. The van der Waals surface area contributed by atoms with E-state index in [0.717, 1.165) is 14.7 Å². The smallest absolute Gasteiger partial charge is 0.335 e. The molecule has 0 saturated carbocycles. The summed E-state index contributed by atoms with van der Waals surface area (Å²) >= 11 is 4.01. The van der Waals surface area contributed by atoms with Gasteiger partial charge >= 0.3 is 17.9 Å². The van der Waals surface area contributed by atoms with E-state index in [9.17, 15) is 14.4 Å². The van der Waals surface area contributed by atoms with E-state index in [2.05, 4.69) is 12.6 Å². The highest BCUT2D eigenvalue weighted by molar-refractivity contribution is 8.76. The van der Waals surface area contributed by atoms with Gasteiger partial charge in [-0.2, -0.15) is 0 Å². The summed E-state index contributed by atoms with van der Waals surface area (Å²) in [5, 5.41) is 26.0. The van der Waals surface area contributed by atoms with Gasteiger partial charge in [0.25, 0.3) is 0 Å². The molecular weight excluding hydrogens is 444 g/mol. The van der Waals surface area contributed by atoms with Crippen molar-refractivity contribution in [3.8, 4) is 0 Å². The third kappa shape index (κ3) is 7.51. The van der Waals surface area contributed by atoms with Crippen LogP contribution in [0.5, 0.6) is 0 Å². The van der Waals surface area contributed by atoms with E-state index in [4.69, 9.17) is 15.3 Å². The van der Waals surface area contributed by atoms with Crippen LogP contribution in [0.15, 0.2) is 87.5 Å². The summed E-state index contributed by atoms with van der Waals surface area (Å²) in [4.78, 5) is 34.4. The summed E-state index contributed by atoms with van der Waals surface area (Å²) in [6, 6.07) is 19.5. The molecule has 3 aromatic rings. The van der Waals surface area contributed by atoms with Gasteiger partial charge in [-0.25, -0.2) is 14.4 Å². The summed E-state index contributed by atoms with van der Waals surface area (Å²) in [5.74, 6) is -2.80. The van der Waals surface area contributed by atoms with Gasteiger partial charge < -0.3 is 15.3 Å². The lowest BCUT2D eigenvalue weighted by atomic mass is 10.2. The molecule has 0 spiro atoms. The molecular formula is C21H16O6S3. The molecule has 0 aliphatic rings. The van der Waals surface area contributed by atoms with Crippen LogP contribution in [0.1, 0.15) is 31.1 Å². The number of thiol groups is 1. The highest BCUT2D eigenvalue weighted by Gasteiger charge is 2.05. The number of hydrogen-bond donors (Lipinski definition) is 4. The molecule has 0 aliphatic heterocycles. The van der Waals surface area contributed by atoms with Gasteiger partial charge in [0, 0.05) is 14.7 Å². The lowest BCUT2D eigenvalue weighted by molar-refractivity contribution is 0.0686. The summed E-state index contributed by atoms with van der Waals surface area (Å²) in [6.45, 7) is 0. The topological polar surface area (TPSA) is 112 Å². The number of rotatable bonds is 6. The molecule has 0 saturated heterocycles. The van der Waals surface area contributed by atoms with E-state index >= 15 is 0 Å². The Bertz CT molecular complexity index is 959. The Balaban J connectivity index is 0.000000269. The van der Waals surface area contributed by atoms with E-state index < -0.39 is 17.9 Å². The summed E-state index contributed by atoms with van der Waals surface area (Å²) in [6.07, 6.45) is 0. The van der Waals surface area contributed by atoms with Crippen molar-refractivity contribution in [1.82, 2.24) is 0 Å². The van der Waals surface area contributed by atoms with Crippen molar-refractivity contribution in [2.75, 3.05) is 0 Å². The molecule has 0 fully saturated rings. The van der Waals surface area contributed by atoms with Crippen molar-refractivity contribution in [3.63, 3.8) is 0 Å². The SMILES string of the molecule is O=C(O)c1ccc(S)cc1.O=C(O)c1ccc(SSc2ccc(C(=O)O)cc2)cc1. The molecule has 0 aromatic heterocycles. The molecule has 0 aliphatic carbocycles. The minimum atomic E-state index is -0.946. The maximum absolute atomic E-state index is 10.7. The fourth-order valence-electron chi connectivity index (χ4n) is 2.01. The Kier molecular flexibility index (Phi) is 8.85. The lowest BCUT2D eigenvalue weighted by Gasteiger charge is -2.02. The van der Waals surface area contributed by atoms with Crippen LogP contribution in [0, 0.1) is 0 Å². The first kappa shape index (κ1) is 23.4. The standard InChI is InChI=1S/C14H10O4S2.C7H6O2S/c15-13(16)9-1-5-11(6-2-9)19-20-12-7-3-10(4-8-12)14(17)18;8-7(9)5-1-3-6(10)4-2-5/h1-8H,(H,15,16)(H,17,18);1-4,10H,(H,8,9). The number of hydrogen-bond acceptors (Lipinski definition) is 6. The molecule has 30 heavy (non-hydrogen) atoms. The van der Waals surface area contributed by atoms with Crippen molar-refractivity contribution in [2.24, 2.45) is 0 Å². The Labute approximate surface area is 185 Å². The van der Waals surface area contributed by atoms with Gasteiger partial charge in [-0.15, -0.1) is 12.6 Å². The van der Waals surface area contributed by atoms with Crippen LogP contribution < -0.4 is 0 Å². The van der Waals surface area contributed by atoms with Crippen LogP contribution >= 0.6 is 34.2 Å². The monoisotopic (exact) mass is 460 g/mol. The molecule has 3 rings (SSSR count). The second-order valence-electron chi connectivity index (χ2n) is 5.68. The van der Waals surface area contributed by atoms with Crippen LogP contribution in [-0.4, -0.2) is 33.2 Å². The molecule has 6 nitrogen and oxygen atoms in total. The van der Waals surface area contributed by atoms with Gasteiger partial charge in [0.1, 0.15) is 0 Å². The zero-order chi connectivity index (χ0) is 22.1. The third-order valence-electron chi connectivity index (χ3n) is 3.55. The Morgan fingerprint density at radius 1 is 0.533 bits per heavy atom. The van der Waals surface area contributed by atoms with Crippen LogP contribution in [0.4, 0.5) is 0 Å². The fraction of sp³-hybridized carbons (Fsp3) is 0. The first-order chi connectivity index (χ1) is 14.3. The highest BCUT2D eigenvalue weighted by Crippen LogP contribution is 2.37. The lowest BCUT2D eigenvalue weighted by Crippen LogP contribution is -1.94. The molecule has 3 aromatic carbocycles. The normalized spacial score (nSPS) is 9.90.